The molecule has 0 aromatic heterocycles. The highest BCUT2D eigenvalue weighted by atomic mass is 19.4. The minimum atomic E-state index is -4.74. The molecule has 0 aliphatic carbocycles. The molecule has 6 nitrogen and oxygen atoms in total. The Morgan fingerprint density at radius 1 is 1.10 bits per heavy atom. The number of nitriles is 1. The Morgan fingerprint density at radius 2 is 1.79 bits per heavy atom. The van der Waals surface area contributed by atoms with E-state index in [0.717, 1.165) is 17.0 Å². The molecule has 29 heavy (non-hydrogen) atoms. The maximum atomic E-state index is 13.1. The number of amides is 3. The van der Waals surface area contributed by atoms with E-state index in [0.29, 0.717) is 5.69 Å². The lowest BCUT2D eigenvalue weighted by atomic mass is 10.1. The number of rotatable bonds is 2. The first-order chi connectivity index (χ1) is 13.7. The Bertz CT molecular complexity index is 983. The number of carbonyl (C=O) groups is 2. The fraction of sp³-hybridized carbons (Fsp3) is 0.211. The number of piperazine rings is 1. The Balaban J connectivity index is 1.72. The SMILES string of the molecule is N#Cc1ccc(N2CCN(C(=O)Nc3ccc(F)cc3)CC2=O)cc1C(F)(F)F. The topological polar surface area (TPSA) is 76.4 Å². The second-order valence-electron chi connectivity index (χ2n) is 6.24. The van der Waals surface area contributed by atoms with Crippen LogP contribution < -0.4 is 10.2 Å². The van der Waals surface area contributed by atoms with Gasteiger partial charge in [0, 0.05) is 24.5 Å². The summed E-state index contributed by atoms with van der Waals surface area (Å²) < 4.78 is 52.3. The Labute approximate surface area is 162 Å². The van der Waals surface area contributed by atoms with Crippen molar-refractivity contribution in [1.82, 2.24) is 4.90 Å². The molecular weight excluding hydrogens is 392 g/mol. The van der Waals surface area contributed by atoms with Crippen molar-refractivity contribution in [1.29, 1.82) is 5.26 Å². The third kappa shape index (κ3) is 4.45. The number of urea groups is 1. The van der Waals surface area contributed by atoms with Crippen molar-refractivity contribution in [3.8, 4) is 6.07 Å². The standard InChI is InChI=1S/C19H14F4N4O2/c20-13-2-4-14(5-3-13)25-18(29)26-7-8-27(17(28)11-26)15-6-1-12(10-24)16(9-15)19(21,22)23/h1-6,9H,7-8,11H2,(H,25,29). The largest absolute Gasteiger partial charge is 0.417 e. The van der Waals surface area contributed by atoms with Gasteiger partial charge in [0.05, 0.1) is 17.2 Å². The summed E-state index contributed by atoms with van der Waals surface area (Å²) in [6.07, 6.45) is -4.74. The normalized spacial score (nSPS) is 14.5. The number of nitrogens with one attached hydrogen (secondary N) is 1. The number of halogens is 4. The molecule has 0 saturated carbocycles. The van der Waals surface area contributed by atoms with Crippen LogP contribution in [0.4, 0.5) is 33.7 Å². The molecule has 3 rings (SSSR count). The highest BCUT2D eigenvalue weighted by Gasteiger charge is 2.35. The summed E-state index contributed by atoms with van der Waals surface area (Å²) in [5.41, 5.74) is -1.32. The van der Waals surface area contributed by atoms with Crippen LogP contribution in [0.15, 0.2) is 42.5 Å². The van der Waals surface area contributed by atoms with Gasteiger partial charge in [-0.25, -0.2) is 9.18 Å². The summed E-state index contributed by atoms with van der Waals surface area (Å²) in [5.74, 6) is -1.03. The third-order valence-electron chi connectivity index (χ3n) is 4.34. The molecule has 1 aliphatic heterocycles. The van der Waals surface area contributed by atoms with Gasteiger partial charge in [0.1, 0.15) is 12.4 Å². The maximum absolute atomic E-state index is 13.1. The number of hydrogen-bond acceptors (Lipinski definition) is 3. The molecule has 10 heteroatoms. The number of alkyl halides is 3. The van der Waals surface area contributed by atoms with Crippen molar-refractivity contribution < 1.29 is 27.2 Å². The fourth-order valence-corrected chi connectivity index (χ4v) is 2.89. The molecule has 0 atom stereocenters. The van der Waals surface area contributed by atoms with E-state index in [1.165, 1.54) is 41.3 Å². The summed E-state index contributed by atoms with van der Waals surface area (Å²) in [5, 5.41) is 11.4. The van der Waals surface area contributed by atoms with Gasteiger partial charge in [-0.2, -0.15) is 18.4 Å². The molecule has 1 saturated heterocycles. The minimum Gasteiger partial charge on any atom is -0.313 e. The molecular formula is C19H14F4N4O2. The maximum Gasteiger partial charge on any atom is 0.417 e. The zero-order valence-corrected chi connectivity index (χ0v) is 14.8. The van der Waals surface area contributed by atoms with E-state index in [-0.39, 0.29) is 25.3 Å². The molecule has 2 aromatic carbocycles. The lowest BCUT2D eigenvalue weighted by molar-refractivity contribution is -0.137. The van der Waals surface area contributed by atoms with Crippen LogP contribution in [0, 0.1) is 17.1 Å². The summed E-state index contributed by atoms with van der Waals surface area (Å²) in [4.78, 5) is 27.0. The summed E-state index contributed by atoms with van der Waals surface area (Å²) in [6, 6.07) is 8.99. The first kappa shape index (κ1) is 20.1. The molecule has 3 amide bonds. The molecule has 150 valence electrons. The molecule has 0 radical (unpaired) electrons. The van der Waals surface area contributed by atoms with Crippen LogP contribution in [-0.4, -0.2) is 36.5 Å². The lowest BCUT2D eigenvalue weighted by Crippen LogP contribution is -2.53. The van der Waals surface area contributed by atoms with Gasteiger partial charge in [-0.1, -0.05) is 0 Å². The molecule has 0 unspecified atom stereocenters. The molecule has 1 aliphatic rings. The van der Waals surface area contributed by atoms with E-state index >= 15 is 0 Å². The number of carbonyl (C=O) groups excluding carboxylic acids is 2. The highest BCUT2D eigenvalue weighted by molar-refractivity contribution is 6.00. The minimum absolute atomic E-state index is 0.0000762. The molecule has 0 spiro atoms. The monoisotopic (exact) mass is 406 g/mol. The quantitative estimate of drug-likeness (QED) is 0.775. The van der Waals surface area contributed by atoms with Crippen LogP contribution in [0.1, 0.15) is 11.1 Å². The molecule has 1 N–H and O–H groups in total. The van der Waals surface area contributed by atoms with Gasteiger partial charge in [-0.15, -0.1) is 0 Å². The number of anilines is 2. The van der Waals surface area contributed by atoms with Gasteiger partial charge in [-0.05, 0) is 42.5 Å². The average Bonchev–Trinajstić information content (AvgIpc) is 2.68. The van der Waals surface area contributed by atoms with E-state index in [1.54, 1.807) is 0 Å². The predicted octanol–water partition coefficient (Wildman–Crippen LogP) is 3.60. The van der Waals surface area contributed by atoms with Crippen LogP contribution in [0.3, 0.4) is 0 Å². The fourth-order valence-electron chi connectivity index (χ4n) is 2.89. The predicted molar refractivity (Wildman–Crippen MR) is 95.5 cm³/mol. The Hall–Kier alpha value is -3.61. The van der Waals surface area contributed by atoms with Crippen molar-refractivity contribution in [2.24, 2.45) is 0 Å². The molecule has 1 heterocycles. The smallest absolute Gasteiger partial charge is 0.313 e. The molecule has 0 bridgehead atoms. The second-order valence-corrected chi connectivity index (χ2v) is 6.24. The third-order valence-corrected chi connectivity index (χ3v) is 4.34. The first-order valence-corrected chi connectivity index (χ1v) is 8.42. The van der Waals surface area contributed by atoms with Crippen LogP contribution in [0.2, 0.25) is 0 Å². The number of nitrogens with zero attached hydrogens (tertiary/aromatic N) is 3. The summed E-state index contributed by atoms with van der Waals surface area (Å²) >= 11 is 0. The highest BCUT2D eigenvalue weighted by Crippen LogP contribution is 2.34. The summed E-state index contributed by atoms with van der Waals surface area (Å²) in [6.45, 7) is -0.270. The zero-order valence-electron chi connectivity index (χ0n) is 14.8. The Kier molecular flexibility index (Phi) is 5.41. The lowest BCUT2D eigenvalue weighted by Gasteiger charge is -2.34. The first-order valence-electron chi connectivity index (χ1n) is 8.42. The second kappa shape index (κ2) is 7.79. The van der Waals surface area contributed by atoms with Crippen LogP contribution in [-0.2, 0) is 11.0 Å². The van der Waals surface area contributed by atoms with E-state index in [2.05, 4.69) is 5.32 Å². The van der Waals surface area contributed by atoms with Crippen molar-refractivity contribution in [2.75, 3.05) is 29.9 Å². The van der Waals surface area contributed by atoms with E-state index in [1.807, 2.05) is 0 Å². The van der Waals surface area contributed by atoms with Gasteiger partial charge in [0.15, 0.2) is 0 Å². The molecule has 2 aromatic rings. The molecule has 1 fully saturated rings. The zero-order chi connectivity index (χ0) is 21.2. The van der Waals surface area contributed by atoms with Crippen LogP contribution in [0.5, 0.6) is 0 Å². The van der Waals surface area contributed by atoms with E-state index < -0.39 is 35.1 Å². The number of benzene rings is 2. The van der Waals surface area contributed by atoms with Crippen LogP contribution >= 0.6 is 0 Å². The Morgan fingerprint density at radius 3 is 2.38 bits per heavy atom. The van der Waals surface area contributed by atoms with Gasteiger partial charge < -0.3 is 15.1 Å². The average molecular weight is 406 g/mol. The van der Waals surface area contributed by atoms with Crippen molar-refractivity contribution in [2.45, 2.75) is 6.18 Å². The van der Waals surface area contributed by atoms with Gasteiger partial charge >= 0.3 is 12.2 Å². The van der Waals surface area contributed by atoms with E-state index in [9.17, 15) is 27.2 Å². The van der Waals surface area contributed by atoms with E-state index in [4.69, 9.17) is 5.26 Å². The van der Waals surface area contributed by atoms with Crippen LogP contribution in [0.25, 0.3) is 0 Å². The van der Waals surface area contributed by atoms with Gasteiger partial charge in [0.25, 0.3) is 0 Å². The summed E-state index contributed by atoms with van der Waals surface area (Å²) in [7, 11) is 0. The van der Waals surface area contributed by atoms with Gasteiger partial charge in [0.2, 0.25) is 5.91 Å². The van der Waals surface area contributed by atoms with Crippen molar-refractivity contribution in [3.63, 3.8) is 0 Å². The van der Waals surface area contributed by atoms with Crippen molar-refractivity contribution >= 4 is 23.3 Å². The number of hydrogen-bond donors (Lipinski definition) is 1. The van der Waals surface area contributed by atoms with Crippen molar-refractivity contribution in [3.05, 3.63) is 59.4 Å². The van der Waals surface area contributed by atoms with Gasteiger partial charge in [-0.3, -0.25) is 4.79 Å².